The molecule has 1 atom stereocenters. The Kier molecular flexibility index (Phi) is 8.32. The summed E-state index contributed by atoms with van der Waals surface area (Å²) in [6.45, 7) is 5.97. The zero-order valence-electron chi connectivity index (χ0n) is 19.0. The monoisotopic (exact) mass is 457 g/mol. The maximum atomic E-state index is 12.8. The molecule has 1 amide bonds. The van der Waals surface area contributed by atoms with Gasteiger partial charge in [0.05, 0.1) is 16.4 Å². The highest BCUT2D eigenvalue weighted by Crippen LogP contribution is 2.35. The fourth-order valence-electron chi connectivity index (χ4n) is 3.25. The predicted octanol–water partition coefficient (Wildman–Crippen LogP) is 2.94. The average Bonchev–Trinajstić information content (AvgIpc) is 3.10. The second kappa shape index (κ2) is 11.2. The molecule has 0 aliphatic heterocycles. The van der Waals surface area contributed by atoms with Crippen LogP contribution >= 0.6 is 11.3 Å². The fourth-order valence-corrected chi connectivity index (χ4v) is 4.32. The number of thiophene rings is 1. The van der Waals surface area contributed by atoms with E-state index in [1.807, 2.05) is 40.1 Å². The molecule has 0 saturated carbocycles. The first-order valence-electron chi connectivity index (χ1n) is 10.7. The van der Waals surface area contributed by atoms with Crippen LogP contribution < -0.4 is 21.1 Å². The molecule has 0 fully saturated rings. The van der Waals surface area contributed by atoms with Crippen LogP contribution in [-0.2, 0) is 0 Å². The largest absolute Gasteiger partial charge is 0.473 e. The van der Waals surface area contributed by atoms with Crippen molar-refractivity contribution in [3.05, 3.63) is 35.1 Å². The van der Waals surface area contributed by atoms with Gasteiger partial charge in [-0.25, -0.2) is 15.0 Å². The number of aryl methyl sites for hydroxylation is 1. The van der Waals surface area contributed by atoms with E-state index in [-0.39, 0.29) is 12.0 Å². The number of hydrogen-bond donors (Lipinski definition) is 3. The molecule has 0 radical (unpaired) electrons. The van der Waals surface area contributed by atoms with Gasteiger partial charge in [-0.1, -0.05) is 0 Å². The highest BCUT2D eigenvalue weighted by molar-refractivity contribution is 7.20. The molecule has 9 nitrogen and oxygen atoms in total. The van der Waals surface area contributed by atoms with Gasteiger partial charge in [0.2, 0.25) is 5.88 Å². The van der Waals surface area contributed by atoms with Gasteiger partial charge >= 0.3 is 0 Å². The summed E-state index contributed by atoms with van der Waals surface area (Å²) in [5.41, 5.74) is 7.17. The third kappa shape index (κ3) is 5.90. The van der Waals surface area contributed by atoms with Gasteiger partial charge in [-0.05, 0) is 71.6 Å². The summed E-state index contributed by atoms with van der Waals surface area (Å²) in [6, 6.07) is 3.71. The molecule has 172 valence electrons. The molecular formula is C22H31N7O2S. The quantitative estimate of drug-likeness (QED) is 0.376. The molecule has 0 bridgehead atoms. The van der Waals surface area contributed by atoms with Crippen molar-refractivity contribution in [2.24, 2.45) is 5.73 Å². The zero-order valence-corrected chi connectivity index (χ0v) is 19.8. The minimum absolute atomic E-state index is 0.0634. The number of pyridine rings is 1. The number of fused-ring (bicyclic) bond motifs is 1. The zero-order chi connectivity index (χ0) is 23.1. The van der Waals surface area contributed by atoms with E-state index in [1.54, 1.807) is 6.20 Å². The topological polar surface area (TPSA) is 118 Å². The minimum atomic E-state index is -0.0868. The Hall–Kier alpha value is -2.82. The average molecular weight is 458 g/mol. The summed E-state index contributed by atoms with van der Waals surface area (Å²) in [5, 5.41) is 7.14. The van der Waals surface area contributed by atoms with Crippen LogP contribution in [0.1, 0.15) is 35.0 Å². The summed E-state index contributed by atoms with van der Waals surface area (Å²) in [5.74, 6) is 1.00. The first-order valence-corrected chi connectivity index (χ1v) is 11.5. The number of nitrogens with one attached hydrogen (secondary N) is 2. The van der Waals surface area contributed by atoms with Crippen LogP contribution in [0.5, 0.6) is 5.88 Å². The lowest BCUT2D eigenvalue weighted by Crippen LogP contribution is -2.26. The SMILES string of the molecule is Cc1c(C(=O)NCCCN(C)C)sc2ncnc(Nc3cccnc3OC(C)CCN)c12. The van der Waals surface area contributed by atoms with Crippen LogP contribution in [0.15, 0.2) is 24.7 Å². The lowest BCUT2D eigenvalue weighted by Gasteiger charge is -2.16. The van der Waals surface area contributed by atoms with Gasteiger partial charge in [0.15, 0.2) is 0 Å². The van der Waals surface area contributed by atoms with Gasteiger partial charge in [-0.15, -0.1) is 11.3 Å². The van der Waals surface area contributed by atoms with Crippen molar-refractivity contribution in [1.29, 1.82) is 0 Å². The highest BCUT2D eigenvalue weighted by atomic mass is 32.1. The number of ether oxygens (including phenoxy) is 1. The molecule has 3 rings (SSSR count). The Labute approximate surface area is 192 Å². The summed E-state index contributed by atoms with van der Waals surface area (Å²) in [6.07, 6.45) is 4.73. The van der Waals surface area contributed by atoms with E-state index in [1.165, 1.54) is 17.7 Å². The summed E-state index contributed by atoms with van der Waals surface area (Å²) >= 11 is 1.37. The summed E-state index contributed by atoms with van der Waals surface area (Å²) in [4.78, 5) is 29.4. The number of anilines is 2. The van der Waals surface area contributed by atoms with Crippen molar-refractivity contribution in [2.75, 3.05) is 39.0 Å². The van der Waals surface area contributed by atoms with E-state index < -0.39 is 0 Å². The van der Waals surface area contributed by atoms with Gasteiger partial charge in [0, 0.05) is 12.7 Å². The highest BCUT2D eigenvalue weighted by Gasteiger charge is 2.20. The van der Waals surface area contributed by atoms with Crippen LogP contribution in [-0.4, -0.2) is 65.6 Å². The van der Waals surface area contributed by atoms with Crippen LogP contribution in [0.4, 0.5) is 11.5 Å². The number of aromatic nitrogens is 3. The number of rotatable bonds is 11. The van der Waals surface area contributed by atoms with Crippen molar-refractivity contribution in [3.8, 4) is 5.88 Å². The van der Waals surface area contributed by atoms with E-state index in [9.17, 15) is 4.79 Å². The van der Waals surface area contributed by atoms with Crippen LogP contribution in [0.25, 0.3) is 10.2 Å². The Bertz CT molecular complexity index is 1050. The molecule has 0 spiro atoms. The van der Waals surface area contributed by atoms with Crippen molar-refractivity contribution >= 4 is 39.0 Å². The molecule has 0 aliphatic rings. The summed E-state index contributed by atoms with van der Waals surface area (Å²) in [7, 11) is 4.03. The molecule has 10 heteroatoms. The number of amides is 1. The third-order valence-electron chi connectivity index (χ3n) is 4.91. The number of carbonyl (C=O) groups is 1. The van der Waals surface area contributed by atoms with Gasteiger partial charge in [-0.3, -0.25) is 4.79 Å². The Morgan fingerprint density at radius 1 is 1.31 bits per heavy atom. The molecule has 4 N–H and O–H groups in total. The molecule has 0 saturated heterocycles. The Morgan fingerprint density at radius 3 is 2.88 bits per heavy atom. The van der Waals surface area contributed by atoms with E-state index in [4.69, 9.17) is 10.5 Å². The smallest absolute Gasteiger partial charge is 0.261 e. The predicted molar refractivity (Wildman–Crippen MR) is 129 cm³/mol. The lowest BCUT2D eigenvalue weighted by atomic mass is 10.2. The molecule has 0 aliphatic carbocycles. The standard InChI is InChI=1S/C22H31N7O2S/c1-14(8-9-23)31-21-16(7-5-10-25-21)28-19-17-15(2)18(32-22(17)27-13-26-19)20(30)24-11-6-12-29(3)4/h5,7,10,13-14H,6,8-9,11-12,23H2,1-4H3,(H,24,30)(H,26,27,28). The third-order valence-corrected chi connectivity index (χ3v) is 6.11. The van der Waals surface area contributed by atoms with Gasteiger partial charge in [0.25, 0.3) is 5.91 Å². The normalized spacial score (nSPS) is 12.2. The first-order chi connectivity index (χ1) is 15.4. The molecular weight excluding hydrogens is 426 g/mol. The maximum Gasteiger partial charge on any atom is 0.261 e. The van der Waals surface area contributed by atoms with Gasteiger partial charge < -0.3 is 26.0 Å². The maximum absolute atomic E-state index is 12.8. The lowest BCUT2D eigenvalue weighted by molar-refractivity contribution is 0.0956. The number of nitrogens with zero attached hydrogens (tertiary/aromatic N) is 4. The number of hydrogen-bond acceptors (Lipinski definition) is 9. The Morgan fingerprint density at radius 2 is 2.12 bits per heavy atom. The van der Waals surface area contributed by atoms with Gasteiger partial charge in [0.1, 0.15) is 22.7 Å². The fraction of sp³-hybridized carbons (Fsp3) is 0.455. The second-order valence-corrected chi connectivity index (χ2v) is 8.86. The molecule has 1 unspecified atom stereocenters. The van der Waals surface area contributed by atoms with Crippen molar-refractivity contribution in [3.63, 3.8) is 0 Å². The first kappa shape index (κ1) is 23.8. The van der Waals surface area contributed by atoms with Gasteiger partial charge in [-0.2, -0.15) is 0 Å². The van der Waals surface area contributed by atoms with Crippen LogP contribution in [0.2, 0.25) is 0 Å². The van der Waals surface area contributed by atoms with Crippen molar-refractivity contribution in [2.45, 2.75) is 32.8 Å². The molecule has 3 aromatic rings. The molecule has 3 heterocycles. The van der Waals surface area contributed by atoms with Crippen LogP contribution in [0.3, 0.4) is 0 Å². The number of nitrogens with two attached hydrogens (primary N) is 1. The van der Waals surface area contributed by atoms with Crippen molar-refractivity contribution in [1.82, 2.24) is 25.2 Å². The molecule has 32 heavy (non-hydrogen) atoms. The van der Waals surface area contributed by atoms with E-state index >= 15 is 0 Å². The van der Waals surface area contributed by atoms with E-state index in [0.29, 0.717) is 35.4 Å². The molecule has 3 aromatic heterocycles. The van der Waals surface area contributed by atoms with E-state index in [2.05, 4.69) is 30.5 Å². The minimum Gasteiger partial charge on any atom is -0.473 e. The van der Waals surface area contributed by atoms with Crippen molar-refractivity contribution < 1.29 is 9.53 Å². The second-order valence-electron chi connectivity index (χ2n) is 7.86. The summed E-state index contributed by atoms with van der Waals surface area (Å²) < 4.78 is 5.95. The molecule has 0 aromatic carbocycles. The van der Waals surface area contributed by atoms with E-state index in [0.717, 1.165) is 35.2 Å². The van der Waals surface area contributed by atoms with Crippen LogP contribution in [0, 0.1) is 6.92 Å². The number of carbonyl (C=O) groups excluding carboxylic acids is 1. The Balaban J connectivity index is 1.83.